The first kappa shape index (κ1) is 15.0. The van der Waals surface area contributed by atoms with E-state index in [1.807, 2.05) is 30.3 Å². The molecule has 27 heavy (non-hydrogen) atoms. The van der Waals surface area contributed by atoms with Crippen LogP contribution < -0.4 is 24.3 Å². The lowest BCUT2D eigenvalue weighted by Crippen LogP contribution is -2.26. The highest BCUT2D eigenvalue weighted by Gasteiger charge is 2.37. The number of hydrogen-bond acceptors (Lipinski definition) is 6. The van der Waals surface area contributed by atoms with Gasteiger partial charge >= 0.3 is 0 Å². The quantitative estimate of drug-likeness (QED) is 0.833. The SMILES string of the molecule is O=C1CCCC2=C1C(c1ccc3c(c1)OCO3)c1cc3c(cc1N2)OCO3. The third-order valence-electron chi connectivity index (χ3n) is 5.62. The summed E-state index contributed by atoms with van der Waals surface area (Å²) in [7, 11) is 0. The Balaban J connectivity index is 1.57. The summed E-state index contributed by atoms with van der Waals surface area (Å²) in [6.45, 7) is 0.451. The van der Waals surface area contributed by atoms with Gasteiger partial charge in [-0.1, -0.05) is 6.07 Å². The molecule has 3 heterocycles. The second-order valence-corrected chi connectivity index (χ2v) is 7.13. The van der Waals surface area contributed by atoms with E-state index in [1.54, 1.807) is 0 Å². The maximum absolute atomic E-state index is 12.9. The molecular weight excluding hydrogens is 346 g/mol. The first-order valence-electron chi connectivity index (χ1n) is 9.14. The van der Waals surface area contributed by atoms with Gasteiger partial charge in [0.25, 0.3) is 0 Å². The van der Waals surface area contributed by atoms with E-state index in [2.05, 4.69) is 5.32 Å². The van der Waals surface area contributed by atoms with Gasteiger partial charge in [-0.25, -0.2) is 0 Å². The van der Waals surface area contributed by atoms with Crippen LogP contribution in [0.3, 0.4) is 0 Å². The van der Waals surface area contributed by atoms with Crippen molar-refractivity contribution in [1.29, 1.82) is 0 Å². The van der Waals surface area contributed by atoms with Gasteiger partial charge in [0.2, 0.25) is 13.6 Å². The fourth-order valence-corrected chi connectivity index (χ4v) is 4.39. The van der Waals surface area contributed by atoms with E-state index in [4.69, 9.17) is 18.9 Å². The van der Waals surface area contributed by atoms with E-state index >= 15 is 0 Å². The van der Waals surface area contributed by atoms with Crippen molar-refractivity contribution >= 4 is 11.5 Å². The molecule has 3 aliphatic heterocycles. The first-order valence-corrected chi connectivity index (χ1v) is 9.14. The average Bonchev–Trinajstić information content (AvgIpc) is 3.32. The van der Waals surface area contributed by atoms with Gasteiger partial charge in [-0.05, 0) is 42.2 Å². The molecule has 1 aliphatic carbocycles. The summed E-state index contributed by atoms with van der Waals surface area (Å²) in [6, 6.07) is 9.88. The Morgan fingerprint density at radius 3 is 2.44 bits per heavy atom. The third-order valence-corrected chi connectivity index (χ3v) is 5.62. The van der Waals surface area contributed by atoms with Crippen LogP contribution in [0, 0.1) is 0 Å². The van der Waals surface area contributed by atoms with Crippen LogP contribution in [0.15, 0.2) is 41.6 Å². The smallest absolute Gasteiger partial charge is 0.231 e. The maximum Gasteiger partial charge on any atom is 0.231 e. The lowest BCUT2D eigenvalue weighted by molar-refractivity contribution is -0.116. The molecule has 1 unspecified atom stereocenters. The molecule has 2 aromatic rings. The summed E-state index contributed by atoms with van der Waals surface area (Å²) in [5.41, 5.74) is 4.87. The van der Waals surface area contributed by atoms with Gasteiger partial charge < -0.3 is 24.3 Å². The van der Waals surface area contributed by atoms with Crippen molar-refractivity contribution in [3.05, 3.63) is 52.7 Å². The van der Waals surface area contributed by atoms with E-state index in [1.165, 1.54) is 0 Å². The molecule has 4 aliphatic rings. The molecule has 0 radical (unpaired) electrons. The Hall–Kier alpha value is -3.15. The van der Waals surface area contributed by atoms with Crippen LogP contribution in [0.4, 0.5) is 5.69 Å². The number of nitrogens with one attached hydrogen (secondary N) is 1. The Morgan fingerprint density at radius 2 is 1.59 bits per heavy atom. The minimum atomic E-state index is -0.159. The minimum Gasteiger partial charge on any atom is -0.454 e. The van der Waals surface area contributed by atoms with Crippen LogP contribution in [0.25, 0.3) is 0 Å². The molecule has 0 saturated heterocycles. The van der Waals surface area contributed by atoms with E-state index in [9.17, 15) is 4.79 Å². The lowest BCUT2D eigenvalue weighted by Gasteiger charge is -2.34. The van der Waals surface area contributed by atoms with Gasteiger partial charge in [0.05, 0.1) is 0 Å². The summed E-state index contributed by atoms with van der Waals surface area (Å²) in [5, 5.41) is 3.48. The van der Waals surface area contributed by atoms with E-state index in [-0.39, 0.29) is 25.3 Å². The zero-order valence-electron chi connectivity index (χ0n) is 14.5. The van der Waals surface area contributed by atoms with Crippen molar-refractivity contribution in [2.45, 2.75) is 25.2 Å². The number of fused-ring (bicyclic) bond motifs is 3. The van der Waals surface area contributed by atoms with Crippen LogP contribution in [0.1, 0.15) is 36.3 Å². The highest BCUT2D eigenvalue weighted by Crippen LogP contribution is 2.50. The Bertz CT molecular complexity index is 1030. The van der Waals surface area contributed by atoms with Gasteiger partial charge in [-0.15, -0.1) is 0 Å². The molecule has 1 N–H and O–H groups in total. The average molecular weight is 363 g/mol. The summed E-state index contributed by atoms with van der Waals surface area (Å²) < 4.78 is 22.2. The number of carbonyl (C=O) groups excluding carboxylic acids is 1. The van der Waals surface area contributed by atoms with Crippen LogP contribution in [-0.4, -0.2) is 19.4 Å². The second kappa shape index (κ2) is 5.42. The zero-order valence-corrected chi connectivity index (χ0v) is 14.5. The summed E-state index contributed by atoms with van der Waals surface area (Å²) >= 11 is 0. The minimum absolute atomic E-state index is 0.159. The van der Waals surface area contributed by atoms with E-state index < -0.39 is 0 Å². The molecule has 0 fully saturated rings. The molecule has 136 valence electrons. The third kappa shape index (κ3) is 2.16. The molecule has 6 nitrogen and oxygen atoms in total. The van der Waals surface area contributed by atoms with E-state index in [0.29, 0.717) is 12.2 Å². The number of allylic oxidation sites excluding steroid dienone is 2. The Labute approximate surface area is 155 Å². The summed E-state index contributed by atoms with van der Waals surface area (Å²) in [6.07, 6.45) is 2.33. The van der Waals surface area contributed by atoms with Crippen LogP contribution in [0.5, 0.6) is 23.0 Å². The molecule has 0 aromatic heterocycles. The number of Topliss-reactive ketones (excluding diaryl/α,β-unsaturated/α-hetero) is 1. The maximum atomic E-state index is 12.9. The molecule has 0 saturated carbocycles. The van der Waals surface area contributed by atoms with Gasteiger partial charge in [0, 0.05) is 35.4 Å². The number of ether oxygens (including phenoxy) is 4. The predicted octanol–water partition coefficient (Wildman–Crippen LogP) is 3.71. The number of ketones is 1. The molecule has 0 bridgehead atoms. The van der Waals surface area contributed by atoms with Crippen molar-refractivity contribution < 1.29 is 23.7 Å². The van der Waals surface area contributed by atoms with Crippen molar-refractivity contribution in [2.75, 3.05) is 18.9 Å². The Kier molecular flexibility index (Phi) is 3.01. The van der Waals surface area contributed by atoms with Crippen LogP contribution in [0.2, 0.25) is 0 Å². The van der Waals surface area contributed by atoms with Crippen LogP contribution in [-0.2, 0) is 4.79 Å². The molecule has 0 spiro atoms. The number of rotatable bonds is 1. The largest absolute Gasteiger partial charge is 0.454 e. The monoisotopic (exact) mass is 363 g/mol. The van der Waals surface area contributed by atoms with Crippen molar-refractivity contribution in [3.63, 3.8) is 0 Å². The Morgan fingerprint density at radius 1 is 0.852 bits per heavy atom. The molecular formula is C21H17NO5. The standard InChI is InChI=1S/C21H17NO5/c23-15-3-1-2-13-21(15)20(11-4-5-16-17(6-11)25-9-24-16)12-7-18-19(27-10-26-18)8-14(12)22-13/h4-8,20,22H,1-3,9-10H2. The lowest BCUT2D eigenvalue weighted by atomic mass is 9.75. The fourth-order valence-electron chi connectivity index (χ4n) is 4.39. The fraction of sp³-hybridized carbons (Fsp3) is 0.286. The zero-order chi connectivity index (χ0) is 18.0. The highest BCUT2D eigenvalue weighted by molar-refractivity contribution is 6.01. The van der Waals surface area contributed by atoms with Crippen LogP contribution >= 0.6 is 0 Å². The van der Waals surface area contributed by atoms with Crippen molar-refractivity contribution in [3.8, 4) is 23.0 Å². The molecule has 0 amide bonds. The van der Waals surface area contributed by atoms with E-state index in [0.717, 1.165) is 58.2 Å². The second-order valence-electron chi connectivity index (χ2n) is 7.13. The number of hydrogen-bond donors (Lipinski definition) is 1. The normalized spacial score (nSPS) is 21.6. The van der Waals surface area contributed by atoms with Gasteiger partial charge in [0.15, 0.2) is 28.8 Å². The number of anilines is 1. The summed E-state index contributed by atoms with van der Waals surface area (Å²) in [4.78, 5) is 12.9. The highest BCUT2D eigenvalue weighted by atomic mass is 16.7. The van der Waals surface area contributed by atoms with Gasteiger partial charge in [0.1, 0.15) is 0 Å². The van der Waals surface area contributed by atoms with Gasteiger partial charge in [-0.3, -0.25) is 4.79 Å². The molecule has 2 aromatic carbocycles. The molecule has 6 rings (SSSR count). The number of benzene rings is 2. The molecule has 6 heteroatoms. The first-order chi connectivity index (χ1) is 13.3. The number of carbonyl (C=O) groups is 1. The van der Waals surface area contributed by atoms with Crippen molar-refractivity contribution in [1.82, 2.24) is 0 Å². The molecule has 1 atom stereocenters. The topological polar surface area (TPSA) is 66.0 Å². The van der Waals surface area contributed by atoms with Gasteiger partial charge in [-0.2, -0.15) is 0 Å². The predicted molar refractivity (Wildman–Crippen MR) is 96.5 cm³/mol. The summed E-state index contributed by atoms with van der Waals surface area (Å²) in [5.74, 6) is 2.95. The van der Waals surface area contributed by atoms with Crippen molar-refractivity contribution in [2.24, 2.45) is 0 Å².